The number of hydrogen-bond donors (Lipinski definition) is 2. The van der Waals surface area contributed by atoms with Crippen molar-refractivity contribution in [3.8, 4) is 0 Å². The Hall–Kier alpha value is -1.81. The van der Waals surface area contributed by atoms with Crippen LogP contribution in [0.3, 0.4) is 0 Å². The minimum Gasteiger partial charge on any atom is -0.399 e. The number of aliphatic hydroxyl groups excluding tert-OH is 1. The Kier molecular flexibility index (Phi) is 6.12. The summed E-state index contributed by atoms with van der Waals surface area (Å²) in [6.45, 7) is 17.1. The number of aromatic nitrogens is 2. The van der Waals surface area contributed by atoms with E-state index in [4.69, 9.17) is 13.8 Å². The van der Waals surface area contributed by atoms with Crippen LogP contribution in [-0.4, -0.2) is 33.6 Å². The Morgan fingerprint density at radius 2 is 1.71 bits per heavy atom. The molecule has 2 aromatic rings. The predicted molar refractivity (Wildman–Crippen MR) is 116 cm³/mol. The fraction of sp³-hybridized carbons (Fsp3) is 0.636. The van der Waals surface area contributed by atoms with Gasteiger partial charge in [0.15, 0.2) is 6.23 Å². The highest BCUT2D eigenvalue weighted by Gasteiger charge is 2.52. The smallest absolute Gasteiger partial charge is 0.399 e. The summed E-state index contributed by atoms with van der Waals surface area (Å²) in [5, 5.41) is 17.4. The summed E-state index contributed by atoms with van der Waals surface area (Å²) in [4.78, 5) is 4.26. The van der Waals surface area contributed by atoms with E-state index in [2.05, 4.69) is 15.5 Å². The lowest BCUT2D eigenvalue weighted by molar-refractivity contribution is 0.00578. The molecule has 170 valence electrons. The van der Waals surface area contributed by atoms with E-state index in [1.54, 1.807) is 13.0 Å². The first-order valence-electron chi connectivity index (χ1n) is 10.6. The monoisotopic (exact) mass is 433 g/mol. The third-order valence-corrected chi connectivity index (χ3v) is 6.17. The highest BCUT2D eigenvalue weighted by atomic mass is 19.1. The molecular weight excluding hydrogens is 400 g/mol. The van der Waals surface area contributed by atoms with Crippen molar-refractivity contribution in [2.45, 2.75) is 91.2 Å². The number of halogens is 1. The minimum absolute atomic E-state index is 0.142. The molecule has 0 spiro atoms. The Bertz CT molecular complexity index is 939. The maximum absolute atomic E-state index is 15.3. The van der Waals surface area contributed by atoms with Gasteiger partial charge in [-0.3, -0.25) is 5.32 Å². The number of rotatable bonds is 5. The van der Waals surface area contributed by atoms with Crippen LogP contribution in [0.25, 0.3) is 0 Å². The standard InChI is InChI=1S/C22H33BFN3O4/c1-12-14(13(2)25-18(28)17-26-19(29-27-17)20(3,4)5)10-11-15(16(12)24)23-30-21(6,7)22(8,9)31-23/h10-11,13,18,25,28H,1-9H3/t13-,18?/m1/s1. The van der Waals surface area contributed by atoms with Gasteiger partial charge in [0.2, 0.25) is 11.7 Å². The van der Waals surface area contributed by atoms with Crippen LogP contribution in [0.2, 0.25) is 0 Å². The molecule has 2 N–H and O–H groups in total. The van der Waals surface area contributed by atoms with Gasteiger partial charge in [-0.15, -0.1) is 0 Å². The Labute approximate surface area is 183 Å². The van der Waals surface area contributed by atoms with E-state index < -0.39 is 24.5 Å². The van der Waals surface area contributed by atoms with E-state index >= 15 is 4.39 Å². The predicted octanol–water partition coefficient (Wildman–Crippen LogP) is 3.46. The van der Waals surface area contributed by atoms with E-state index in [1.807, 2.05) is 61.5 Å². The molecule has 1 aromatic heterocycles. The fourth-order valence-electron chi connectivity index (χ4n) is 3.39. The number of hydrogen-bond acceptors (Lipinski definition) is 7. The lowest BCUT2D eigenvalue weighted by Crippen LogP contribution is -2.41. The number of aliphatic hydroxyl groups is 1. The molecule has 1 aliphatic rings. The van der Waals surface area contributed by atoms with E-state index in [-0.39, 0.29) is 23.1 Å². The van der Waals surface area contributed by atoms with Gasteiger partial charge in [0.1, 0.15) is 5.82 Å². The molecule has 0 aliphatic carbocycles. The third-order valence-electron chi connectivity index (χ3n) is 6.17. The summed E-state index contributed by atoms with van der Waals surface area (Å²) in [7, 11) is -0.776. The molecule has 7 nitrogen and oxygen atoms in total. The van der Waals surface area contributed by atoms with Crippen LogP contribution in [0.4, 0.5) is 4.39 Å². The van der Waals surface area contributed by atoms with Crippen LogP contribution < -0.4 is 10.8 Å². The first-order valence-corrected chi connectivity index (χ1v) is 10.6. The van der Waals surface area contributed by atoms with Crippen molar-refractivity contribution in [3.05, 3.63) is 40.8 Å². The summed E-state index contributed by atoms with van der Waals surface area (Å²) in [6.07, 6.45) is -1.15. The molecular formula is C22H33BFN3O4. The van der Waals surface area contributed by atoms with Crippen molar-refractivity contribution in [1.82, 2.24) is 15.5 Å². The largest absolute Gasteiger partial charge is 0.497 e. The van der Waals surface area contributed by atoms with Crippen molar-refractivity contribution in [1.29, 1.82) is 0 Å². The number of nitrogens with zero attached hydrogens (tertiary/aromatic N) is 2. The van der Waals surface area contributed by atoms with Crippen molar-refractivity contribution in [2.24, 2.45) is 0 Å². The van der Waals surface area contributed by atoms with Gasteiger partial charge in [0.05, 0.1) is 11.2 Å². The topological polar surface area (TPSA) is 89.6 Å². The first-order chi connectivity index (χ1) is 14.1. The second-order valence-corrected chi connectivity index (χ2v) is 10.3. The van der Waals surface area contributed by atoms with Gasteiger partial charge in [-0.2, -0.15) is 4.98 Å². The first kappa shape index (κ1) is 23.8. The molecule has 0 amide bonds. The zero-order valence-electron chi connectivity index (χ0n) is 19.8. The van der Waals surface area contributed by atoms with Crippen LogP contribution in [0.5, 0.6) is 0 Å². The van der Waals surface area contributed by atoms with Gasteiger partial charge in [-0.05, 0) is 52.7 Å². The minimum atomic E-state index is -1.15. The zero-order chi connectivity index (χ0) is 23.4. The normalized spacial score (nSPS) is 20.2. The van der Waals surface area contributed by atoms with E-state index in [0.29, 0.717) is 22.5 Å². The SMILES string of the molecule is Cc1c([C@@H](C)NC(O)c2noc(C(C)(C)C)n2)ccc(B2OC(C)(C)C(C)(C)O2)c1F. The molecule has 31 heavy (non-hydrogen) atoms. The van der Waals surface area contributed by atoms with Gasteiger partial charge >= 0.3 is 7.12 Å². The van der Waals surface area contributed by atoms with Crippen LogP contribution in [0, 0.1) is 12.7 Å². The van der Waals surface area contributed by atoms with Crippen LogP contribution in [0.15, 0.2) is 16.7 Å². The third kappa shape index (κ3) is 4.55. The maximum atomic E-state index is 15.3. The molecule has 0 bridgehead atoms. The summed E-state index contributed by atoms with van der Waals surface area (Å²) in [5.74, 6) is 0.197. The van der Waals surface area contributed by atoms with Crippen molar-refractivity contribution >= 4 is 12.6 Å². The van der Waals surface area contributed by atoms with Gasteiger partial charge in [0.25, 0.3) is 0 Å². The average Bonchev–Trinajstić information content (AvgIpc) is 3.20. The highest BCUT2D eigenvalue weighted by Crippen LogP contribution is 2.37. The molecule has 2 atom stereocenters. The molecule has 3 rings (SSSR count). The Morgan fingerprint density at radius 1 is 1.13 bits per heavy atom. The van der Waals surface area contributed by atoms with Crippen LogP contribution in [-0.2, 0) is 14.7 Å². The lowest BCUT2D eigenvalue weighted by atomic mass is 9.76. The Morgan fingerprint density at radius 3 is 2.23 bits per heavy atom. The molecule has 1 aromatic carbocycles. The van der Waals surface area contributed by atoms with Crippen molar-refractivity contribution in [2.75, 3.05) is 0 Å². The summed E-state index contributed by atoms with van der Waals surface area (Å²) in [6, 6.07) is 3.13. The second-order valence-electron chi connectivity index (χ2n) is 10.3. The second kappa shape index (κ2) is 7.96. The number of nitrogens with one attached hydrogen (secondary N) is 1. The van der Waals surface area contributed by atoms with Gasteiger partial charge in [-0.25, -0.2) is 4.39 Å². The van der Waals surface area contributed by atoms with Gasteiger partial charge in [0, 0.05) is 16.9 Å². The molecule has 1 unspecified atom stereocenters. The average molecular weight is 433 g/mol. The molecule has 9 heteroatoms. The molecule has 0 radical (unpaired) electrons. The maximum Gasteiger partial charge on any atom is 0.497 e. The quantitative estimate of drug-likeness (QED) is 0.552. The summed E-state index contributed by atoms with van der Waals surface area (Å²) in [5.41, 5.74) is 0.109. The molecule has 0 saturated carbocycles. The van der Waals surface area contributed by atoms with Crippen LogP contribution >= 0.6 is 0 Å². The Balaban J connectivity index is 1.78. The van der Waals surface area contributed by atoms with E-state index in [1.165, 1.54) is 0 Å². The van der Waals surface area contributed by atoms with Crippen LogP contribution in [0.1, 0.15) is 90.5 Å². The van der Waals surface area contributed by atoms with Crippen molar-refractivity contribution < 1.29 is 23.3 Å². The fourth-order valence-corrected chi connectivity index (χ4v) is 3.39. The lowest BCUT2D eigenvalue weighted by Gasteiger charge is -2.32. The van der Waals surface area contributed by atoms with Gasteiger partial charge in [-0.1, -0.05) is 38.1 Å². The summed E-state index contributed by atoms with van der Waals surface area (Å²) >= 11 is 0. The van der Waals surface area contributed by atoms with E-state index in [9.17, 15) is 5.11 Å². The van der Waals surface area contributed by atoms with Gasteiger partial charge < -0.3 is 18.9 Å². The number of benzene rings is 1. The highest BCUT2D eigenvalue weighted by molar-refractivity contribution is 6.62. The van der Waals surface area contributed by atoms with Crippen molar-refractivity contribution in [3.63, 3.8) is 0 Å². The van der Waals surface area contributed by atoms with E-state index in [0.717, 1.165) is 0 Å². The molecule has 1 saturated heterocycles. The summed E-state index contributed by atoms with van der Waals surface area (Å²) < 4.78 is 32.5. The zero-order valence-corrected chi connectivity index (χ0v) is 19.8. The molecule has 2 heterocycles. The molecule has 1 fully saturated rings. The molecule has 1 aliphatic heterocycles.